The maximum atomic E-state index is 13.7. The Morgan fingerprint density at radius 2 is 1.88 bits per heavy atom. The molecule has 0 aliphatic carbocycles. The number of amides is 3. The molecule has 0 unspecified atom stereocenters. The number of aromatic nitrogens is 1. The van der Waals surface area contributed by atoms with E-state index in [-0.39, 0.29) is 54.8 Å². The van der Waals surface area contributed by atoms with Crippen LogP contribution in [0.3, 0.4) is 0 Å². The molecule has 1 aromatic heterocycles. The minimum Gasteiger partial charge on any atom is -1.00 e. The first kappa shape index (κ1) is 33.9. The summed E-state index contributed by atoms with van der Waals surface area (Å²) >= 11 is 5.92. The summed E-state index contributed by atoms with van der Waals surface area (Å²) < 4.78 is 34.2. The summed E-state index contributed by atoms with van der Waals surface area (Å²) in [6, 6.07) is 11.5. The molecule has 16 heteroatoms. The monoisotopic (exact) mass is 608 g/mol. The van der Waals surface area contributed by atoms with Crippen LogP contribution in [0.1, 0.15) is 13.4 Å². The number of urea groups is 1. The predicted octanol–water partition coefficient (Wildman–Crippen LogP) is 0.763. The molecule has 0 spiro atoms. The number of phosphoric acid groups is 1. The van der Waals surface area contributed by atoms with Crippen LogP contribution in [0, 0.1) is 5.82 Å². The van der Waals surface area contributed by atoms with Gasteiger partial charge in [-0.15, -0.1) is 0 Å². The van der Waals surface area contributed by atoms with E-state index >= 15 is 0 Å². The number of likely N-dealkylation sites (N-methyl/N-ethyl adjacent to an activating group) is 1. The van der Waals surface area contributed by atoms with E-state index in [1.165, 1.54) is 25.2 Å². The molecule has 0 radical (unpaired) electrons. The Balaban J connectivity index is 0.00000420. The summed E-state index contributed by atoms with van der Waals surface area (Å²) in [4.78, 5) is 48.3. The number of hydrogen-bond acceptors (Lipinski definition) is 7. The molecule has 0 saturated heterocycles. The Morgan fingerprint density at radius 3 is 2.58 bits per heavy atom. The number of ether oxygens (including phenoxy) is 1. The quantitative estimate of drug-likeness (QED) is 0.156. The molecule has 3 rings (SSSR count). The number of phosphoric ester groups is 1. The molecule has 2 aromatic carbocycles. The normalized spacial score (nSPS) is 12.7. The van der Waals surface area contributed by atoms with Crippen LogP contribution in [0.15, 0.2) is 54.7 Å². The van der Waals surface area contributed by atoms with Crippen molar-refractivity contribution in [3.05, 3.63) is 71.1 Å². The maximum Gasteiger partial charge on any atom is 1.00 e. The number of hydrogen-bond donors (Lipinski definition) is 5. The van der Waals surface area contributed by atoms with Gasteiger partial charge in [0.15, 0.2) is 0 Å². The average molecular weight is 609 g/mol. The van der Waals surface area contributed by atoms with Crippen LogP contribution in [-0.2, 0) is 20.4 Å². The van der Waals surface area contributed by atoms with Gasteiger partial charge in [0, 0.05) is 25.2 Å². The number of halogens is 2. The molecular formula is C24H28ClFN4NaO8P. The number of nitrogens with one attached hydrogen (secondary N) is 2. The maximum absolute atomic E-state index is 13.7. The van der Waals surface area contributed by atoms with Gasteiger partial charge < -0.3 is 31.3 Å². The second kappa shape index (κ2) is 15.6. The van der Waals surface area contributed by atoms with Gasteiger partial charge in [-0.05, 0) is 29.5 Å². The van der Waals surface area contributed by atoms with E-state index in [1.807, 2.05) is 24.3 Å². The Morgan fingerprint density at radius 1 is 1.18 bits per heavy atom. The smallest absolute Gasteiger partial charge is 1.00 e. The van der Waals surface area contributed by atoms with Crippen LogP contribution in [0.25, 0.3) is 10.8 Å². The molecule has 0 bridgehead atoms. The molecule has 1 heterocycles. The molecule has 0 fully saturated rings. The number of pyridine rings is 1. The van der Waals surface area contributed by atoms with Gasteiger partial charge in [-0.25, -0.2) is 23.5 Å². The minimum absolute atomic E-state index is 0. The third-order valence-corrected chi connectivity index (χ3v) is 6.49. The van der Waals surface area contributed by atoms with E-state index in [9.17, 15) is 23.7 Å². The zero-order valence-electron chi connectivity index (χ0n) is 22.7. The number of aliphatic hydroxyl groups excluding tert-OH is 1. The van der Waals surface area contributed by atoms with Crippen molar-refractivity contribution >= 4 is 48.1 Å². The molecule has 3 amide bonds. The summed E-state index contributed by atoms with van der Waals surface area (Å²) in [6.07, 6.45) is -1.01. The van der Waals surface area contributed by atoms with Crippen molar-refractivity contribution in [2.24, 2.45) is 0 Å². The largest absolute Gasteiger partial charge is 1.00 e. The van der Waals surface area contributed by atoms with Gasteiger partial charge in [-0.1, -0.05) is 48.0 Å². The molecule has 5 N–H and O–H groups in total. The standard InChI is InChI=1S/C24H27ClFN4O8P.Na.H/c1-30(23(32)28-12-17-7-4-8-20(26)22(17)25)18(10-19(31)14-38-39(34,35)36)13-37-24(33)29-21-9-15-5-2-3-6-16(15)11-27-21;;/h2-9,11,18-19,31H,10,12-14H2,1H3,(H,28,32)(H,27,29,33)(H2,34,35,36);;/q;+1;-1/t18-,19-;;/m0../s1. The molecule has 0 saturated carbocycles. The molecule has 40 heavy (non-hydrogen) atoms. The summed E-state index contributed by atoms with van der Waals surface area (Å²) in [5, 5.41) is 16.8. The van der Waals surface area contributed by atoms with Crippen molar-refractivity contribution in [1.82, 2.24) is 15.2 Å². The Bertz CT molecular complexity index is 1370. The first-order valence-electron chi connectivity index (χ1n) is 11.5. The van der Waals surface area contributed by atoms with Gasteiger partial charge in [0.25, 0.3) is 0 Å². The van der Waals surface area contributed by atoms with E-state index in [0.29, 0.717) is 5.56 Å². The van der Waals surface area contributed by atoms with Gasteiger partial charge in [-0.3, -0.25) is 9.84 Å². The molecule has 0 aliphatic heterocycles. The van der Waals surface area contributed by atoms with Crippen LogP contribution in [0.5, 0.6) is 0 Å². The molecule has 3 aromatic rings. The molecule has 212 valence electrons. The van der Waals surface area contributed by atoms with E-state index < -0.39 is 51.1 Å². The number of anilines is 1. The average Bonchev–Trinajstić information content (AvgIpc) is 2.89. The van der Waals surface area contributed by atoms with Gasteiger partial charge >= 0.3 is 49.5 Å². The number of carbonyl (C=O) groups excluding carboxylic acids is 2. The SMILES string of the molecule is CN(C(=O)NCc1cccc(F)c1Cl)[C@H](COC(=O)Nc1cc2ccccc2cn1)C[C@H](O)COP(=O)(O)O.[H-].[Na+]. The van der Waals surface area contributed by atoms with E-state index in [2.05, 4.69) is 20.1 Å². The van der Waals surface area contributed by atoms with Gasteiger partial charge in [-0.2, -0.15) is 0 Å². The zero-order valence-corrected chi connectivity index (χ0v) is 25.3. The number of aliphatic hydroxyl groups is 1. The van der Waals surface area contributed by atoms with E-state index in [0.717, 1.165) is 15.7 Å². The Kier molecular flexibility index (Phi) is 13.2. The van der Waals surface area contributed by atoms with E-state index in [1.54, 1.807) is 12.3 Å². The number of rotatable bonds is 11. The number of carbonyl (C=O) groups is 2. The third-order valence-electron chi connectivity index (χ3n) is 5.58. The van der Waals surface area contributed by atoms with Gasteiger partial charge in [0.2, 0.25) is 0 Å². The fourth-order valence-corrected chi connectivity index (χ4v) is 4.07. The van der Waals surface area contributed by atoms with E-state index in [4.69, 9.17) is 26.1 Å². The number of fused-ring (bicyclic) bond motifs is 1. The topological polar surface area (TPSA) is 171 Å². The van der Waals surface area contributed by atoms with Crippen molar-refractivity contribution in [2.45, 2.75) is 25.1 Å². The van der Waals surface area contributed by atoms with Crippen molar-refractivity contribution in [3.63, 3.8) is 0 Å². The van der Waals surface area contributed by atoms with Crippen molar-refractivity contribution in [2.75, 3.05) is 25.6 Å². The molecule has 12 nitrogen and oxygen atoms in total. The van der Waals surface area contributed by atoms with Gasteiger partial charge in [0.05, 0.1) is 23.8 Å². The summed E-state index contributed by atoms with van der Waals surface area (Å²) in [5.41, 5.74) is 0.323. The van der Waals surface area contributed by atoms with Crippen LogP contribution < -0.4 is 40.2 Å². The summed E-state index contributed by atoms with van der Waals surface area (Å²) in [6.45, 7) is -1.26. The fourth-order valence-electron chi connectivity index (χ4n) is 3.51. The first-order chi connectivity index (χ1) is 18.4. The second-order valence-corrected chi connectivity index (χ2v) is 10.1. The first-order valence-corrected chi connectivity index (χ1v) is 13.4. The minimum atomic E-state index is -4.85. The fraction of sp³-hybridized carbons (Fsp3) is 0.292. The van der Waals surface area contributed by atoms with Gasteiger partial charge in [0.1, 0.15) is 18.2 Å². The summed E-state index contributed by atoms with van der Waals surface area (Å²) in [7, 11) is -3.49. The summed E-state index contributed by atoms with van der Waals surface area (Å²) in [5.74, 6) is -0.425. The number of nitrogens with zero attached hydrogens (tertiary/aromatic N) is 2. The zero-order chi connectivity index (χ0) is 28.6. The van der Waals surface area contributed by atoms with Crippen LogP contribution in [0.2, 0.25) is 5.02 Å². The Hall–Kier alpha value is -2.32. The molecular weight excluding hydrogens is 581 g/mol. The van der Waals surface area contributed by atoms with Crippen molar-refractivity contribution < 1.29 is 73.7 Å². The predicted molar refractivity (Wildman–Crippen MR) is 142 cm³/mol. The molecule has 2 atom stereocenters. The van der Waals surface area contributed by atoms with Crippen molar-refractivity contribution in [1.29, 1.82) is 0 Å². The van der Waals surface area contributed by atoms with Crippen LogP contribution in [0.4, 0.5) is 19.8 Å². The van der Waals surface area contributed by atoms with Crippen molar-refractivity contribution in [3.8, 4) is 0 Å². The Labute approximate surface area is 257 Å². The third kappa shape index (κ3) is 10.6. The van der Waals surface area contributed by atoms with Crippen LogP contribution in [-0.4, -0.2) is 69.3 Å². The van der Waals surface area contributed by atoms with Crippen LogP contribution >= 0.6 is 19.4 Å². The second-order valence-electron chi connectivity index (χ2n) is 8.45. The molecule has 0 aliphatic rings. The number of benzene rings is 2.